The van der Waals surface area contributed by atoms with Crippen LogP contribution in [0.2, 0.25) is 5.15 Å². The number of hydrogen-bond acceptors (Lipinski definition) is 7. The molecular weight excluding hydrogens is 468 g/mol. The van der Waals surface area contributed by atoms with Crippen LogP contribution in [-0.2, 0) is 17.1 Å². The van der Waals surface area contributed by atoms with Gasteiger partial charge in [0.25, 0.3) is 15.9 Å². The van der Waals surface area contributed by atoms with Gasteiger partial charge in [0.05, 0.1) is 11.3 Å². The fraction of sp³-hybridized carbons (Fsp3) is 0.429. The van der Waals surface area contributed by atoms with Crippen molar-refractivity contribution in [2.45, 2.75) is 43.6 Å². The summed E-state index contributed by atoms with van der Waals surface area (Å²) in [5.74, 6) is 1.39. The summed E-state index contributed by atoms with van der Waals surface area (Å²) in [5.41, 5.74) is 0.204. The van der Waals surface area contributed by atoms with E-state index in [1.165, 1.54) is 47.0 Å². The van der Waals surface area contributed by atoms with Gasteiger partial charge in [-0.05, 0) is 56.6 Å². The second-order valence-electron chi connectivity index (χ2n) is 8.62. The van der Waals surface area contributed by atoms with E-state index >= 15 is 0 Å². The van der Waals surface area contributed by atoms with Gasteiger partial charge in [-0.1, -0.05) is 11.6 Å². The summed E-state index contributed by atoms with van der Waals surface area (Å²) in [5, 5.41) is 8.27. The highest BCUT2D eigenvalue weighted by atomic mass is 35.5. The molecule has 1 N–H and O–H groups in total. The van der Waals surface area contributed by atoms with Crippen LogP contribution in [0.1, 0.15) is 41.7 Å². The molecule has 2 aliphatic rings. The highest BCUT2D eigenvalue weighted by molar-refractivity contribution is 7.90. The van der Waals surface area contributed by atoms with Gasteiger partial charge in [-0.25, -0.2) is 22.8 Å². The molecule has 10 nitrogen and oxygen atoms in total. The molecule has 3 aromatic heterocycles. The number of aromatic nitrogens is 5. The number of nitrogens with zero attached hydrogens (tertiary/aromatic N) is 5. The number of carbonyl (C=O) groups excluding carboxylic acids is 1. The number of carbonyl (C=O) groups is 1. The quantitative estimate of drug-likeness (QED) is 0.527. The van der Waals surface area contributed by atoms with Crippen LogP contribution in [0.3, 0.4) is 0 Å². The van der Waals surface area contributed by atoms with E-state index in [1.54, 1.807) is 26.2 Å². The molecule has 0 aromatic carbocycles. The lowest BCUT2D eigenvalue weighted by Gasteiger charge is -2.21. The molecule has 12 heteroatoms. The van der Waals surface area contributed by atoms with Gasteiger partial charge in [0.15, 0.2) is 5.82 Å². The van der Waals surface area contributed by atoms with Gasteiger partial charge < -0.3 is 4.74 Å². The molecule has 33 heavy (non-hydrogen) atoms. The molecule has 0 spiro atoms. The number of hydrogen-bond donors (Lipinski definition) is 1. The van der Waals surface area contributed by atoms with Crippen LogP contribution >= 0.6 is 11.6 Å². The topological polar surface area (TPSA) is 121 Å². The zero-order valence-electron chi connectivity index (χ0n) is 18.1. The summed E-state index contributed by atoms with van der Waals surface area (Å²) in [4.78, 5) is 16.7. The van der Waals surface area contributed by atoms with Crippen LogP contribution in [0.5, 0.6) is 5.88 Å². The number of amides is 1. The SMILES string of the molecule is Cc1nn(C)cc1S(=O)(=O)NC(=O)c1ccc(-n2ccc(OC3CC4CCC3C4)n2)nc1Cl. The molecule has 3 atom stereocenters. The van der Waals surface area contributed by atoms with Crippen molar-refractivity contribution in [2.24, 2.45) is 18.9 Å². The van der Waals surface area contributed by atoms with Gasteiger partial charge in [0.1, 0.15) is 16.2 Å². The molecular formula is C21H23ClN6O4S. The molecule has 174 valence electrons. The maximum atomic E-state index is 12.6. The number of pyridine rings is 1. The van der Waals surface area contributed by atoms with E-state index in [-0.39, 0.29) is 27.4 Å². The summed E-state index contributed by atoms with van der Waals surface area (Å²) in [6.45, 7) is 1.54. The second-order valence-corrected chi connectivity index (χ2v) is 10.6. The van der Waals surface area contributed by atoms with Crippen LogP contribution in [0.25, 0.3) is 5.82 Å². The van der Waals surface area contributed by atoms with Gasteiger partial charge in [-0.15, -0.1) is 5.10 Å². The highest BCUT2D eigenvalue weighted by Gasteiger charge is 2.41. The number of nitrogens with one attached hydrogen (secondary N) is 1. The molecule has 0 saturated heterocycles. The summed E-state index contributed by atoms with van der Waals surface area (Å²) >= 11 is 6.22. The van der Waals surface area contributed by atoms with E-state index in [9.17, 15) is 13.2 Å². The molecule has 2 saturated carbocycles. The molecule has 5 rings (SSSR count). The number of rotatable bonds is 6. The molecule has 3 unspecified atom stereocenters. The first-order valence-corrected chi connectivity index (χ1v) is 12.5. The van der Waals surface area contributed by atoms with Crippen molar-refractivity contribution in [1.82, 2.24) is 29.3 Å². The highest BCUT2D eigenvalue weighted by Crippen LogP contribution is 2.45. The van der Waals surface area contributed by atoms with Crippen molar-refractivity contribution in [2.75, 3.05) is 0 Å². The predicted molar refractivity (Wildman–Crippen MR) is 119 cm³/mol. The minimum atomic E-state index is -4.11. The van der Waals surface area contributed by atoms with Crippen molar-refractivity contribution < 1.29 is 17.9 Å². The zero-order chi connectivity index (χ0) is 23.3. The minimum absolute atomic E-state index is 0.0730. The van der Waals surface area contributed by atoms with Crippen LogP contribution in [0, 0.1) is 18.8 Å². The Kier molecular flexibility index (Phi) is 5.40. The van der Waals surface area contributed by atoms with E-state index in [0.717, 1.165) is 12.3 Å². The maximum Gasteiger partial charge on any atom is 0.268 e. The fourth-order valence-corrected chi connectivity index (χ4v) is 6.20. The van der Waals surface area contributed by atoms with Gasteiger partial charge in [0, 0.05) is 25.5 Å². The molecule has 0 aliphatic heterocycles. The van der Waals surface area contributed by atoms with Crippen LogP contribution in [0.15, 0.2) is 35.5 Å². The minimum Gasteiger partial charge on any atom is -0.473 e. The van der Waals surface area contributed by atoms with Crippen molar-refractivity contribution >= 4 is 27.5 Å². The normalized spacial score (nSPS) is 22.0. The smallest absolute Gasteiger partial charge is 0.268 e. The Morgan fingerprint density at radius 1 is 1.21 bits per heavy atom. The number of halogens is 1. The van der Waals surface area contributed by atoms with E-state index in [2.05, 4.69) is 15.2 Å². The second kappa shape index (κ2) is 8.14. The monoisotopic (exact) mass is 490 g/mol. The third kappa shape index (κ3) is 4.22. The molecule has 2 bridgehead atoms. The summed E-state index contributed by atoms with van der Waals surface area (Å²) in [6, 6.07) is 4.71. The molecule has 2 aliphatic carbocycles. The van der Waals surface area contributed by atoms with Crippen LogP contribution in [-0.4, -0.2) is 45.0 Å². The van der Waals surface area contributed by atoms with Gasteiger partial charge in [0.2, 0.25) is 5.88 Å². The number of ether oxygens (including phenoxy) is 1. The van der Waals surface area contributed by atoms with E-state index in [4.69, 9.17) is 16.3 Å². The Balaban J connectivity index is 1.30. The van der Waals surface area contributed by atoms with E-state index < -0.39 is 15.9 Å². The van der Waals surface area contributed by atoms with Gasteiger partial charge in [-0.2, -0.15) is 5.10 Å². The largest absolute Gasteiger partial charge is 0.473 e. The van der Waals surface area contributed by atoms with Gasteiger partial charge >= 0.3 is 0 Å². The first kappa shape index (κ1) is 21.9. The average Bonchev–Trinajstić information content (AvgIpc) is 3.53. The van der Waals surface area contributed by atoms with Crippen molar-refractivity contribution in [1.29, 1.82) is 0 Å². The average molecular weight is 491 g/mol. The zero-order valence-corrected chi connectivity index (χ0v) is 19.7. The number of fused-ring (bicyclic) bond motifs is 2. The maximum absolute atomic E-state index is 12.6. The number of aryl methyl sites for hydroxylation is 2. The van der Waals surface area contributed by atoms with Crippen molar-refractivity contribution in [3.8, 4) is 11.7 Å². The summed E-state index contributed by atoms with van der Waals surface area (Å²) in [7, 11) is -2.52. The van der Waals surface area contributed by atoms with Crippen LogP contribution < -0.4 is 9.46 Å². The van der Waals surface area contributed by atoms with Crippen LogP contribution in [0.4, 0.5) is 0 Å². The molecule has 1 amide bonds. The standard InChI is InChI=1S/C21H23ClN6O4S/c1-12-17(11-27(2)24-12)33(30,31)26-21(29)15-5-6-18(23-20(15)22)28-8-7-19(25-28)32-16-10-13-3-4-14(16)9-13/h5-8,11,13-14,16H,3-4,9-10H2,1-2H3,(H,26,29). The molecule has 2 fully saturated rings. The molecule has 0 radical (unpaired) electrons. The summed E-state index contributed by atoms with van der Waals surface area (Å²) < 4.78 is 36.1. The number of sulfonamides is 1. The first-order valence-electron chi connectivity index (χ1n) is 10.7. The lowest BCUT2D eigenvalue weighted by Crippen LogP contribution is -2.31. The Hall–Kier alpha value is -2.92. The van der Waals surface area contributed by atoms with Crippen molar-refractivity contribution in [3.05, 3.63) is 47.0 Å². The van der Waals surface area contributed by atoms with Crippen molar-refractivity contribution in [3.63, 3.8) is 0 Å². The molecule has 3 heterocycles. The first-order chi connectivity index (χ1) is 15.7. The fourth-order valence-electron chi connectivity index (χ4n) is 4.78. The molecule has 3 aromatic rings. The third-order valence-corrected chi connectivity index (χ3v) is 8.03. The Morgan fingerprint density at radius 2 is 2.03 bits per heavy atom. The Bertz CT molecular complexity index is 1330. The van der Waals surface area contributed by atoms with Gasteiger partial charge in [-0.3, -0.25) is 9.48 Å². The van der Waals surface area contributed by atoms with E-state index in [0.29, 0.717) is 17.6 Å². The van der Waals surface area contributed by atoms with E-state index in [1.807, 2.05) is 4.72 Å². The lowest BCUT2D eigenvalue weighted by atomic mass is 9.98. The Labute approximate surface area is 196 Å². The predicted octanol–water partition coefficient (Wildman–Crippen LogP) is 2.65. The lowest BCUT2D eigenvalue weighted by molar-refractivity contribution is 0.0981. The third-order valence-electron chi connectivity index (χ3n) is 6.31. The Morgan fingerprint density at radius 3 is 2.67 bits per heavy atom. The summed E-state index contributed by atoms with van der Waals surface area (Å²) in [6.07, 6.45) is 8.06.